The van der Waals surface area contributed by atoms with Crippen molar-refractivity contribution in [1.82, 2.24) is 10.6 Å². The highest BCUT2D eigenvalue weighted by Crippen LogP contribution is 2.26. The van der Waals surface area contributed by atoms with Crippen LogP contribution in [0.3, 0.4) is 0 Å². The van der Waals surface area contributed by atoms with Crippen molar-refractivity contribution in [3.8, 4) is 11.5 Å². The lowest BCUT2D eigenvalue weighted by Crippen LogP contribution is -2.31. The van der Waals surface area contributed by atoms with Crippen molar-refractivity contribution in [2.75, 3.05) is 13.2 Å². The van der Waals surface area contributed by atoms with Gasteiger partial charge in [-0.05, 0) is 37.9 Å². The molecular weight excluding hydrogens is 354 g/mol. The van der Waals surface area contributed by atoms with Gasteiger partial charge in [-0.15, -0.1) is 12.4 Å². The molecule has 5 nitrogen and oxygen atoms in total. The molecule has 1 fully saturated rings. The van der Waals surface area contributed by atoms with Crippen molar-refractivity contribution in [2.24, 2.45) is 0 Å². The van der Waals surface area contributed by atoms with Gasteiger partial charge in [0, 0.05) is 30.6 Å². The number of alkyl halides is 2. The van der Waals surface area contributed by atoms with E-state index in [9.17, 15) is 13.6 Å². The Bertz CT molecular complexity index is 541. The topological polar surface area (TPSA) is 59.6 Å². The molecule has 25 heavy (non-hydrogen) atoms. The molecule has 2 N–H and O–H groups in total. The summed E-state index contributed by atoms with van der Waals surface area (Å²) in [5.74, 6) is 0.388. The average Bonchev–Trinajstić information content (AvgIpc) is 3.04. The third-order valence-corrected chi connectivity index (χ3v) is 3.80. The predicted molar refractivity (Wildman–Crippen MR) is 93.6 cm³/mol. The smallest absolute Gasteiger partial charge is 0.387 e. The van der Waals surface area contributed by atoms with Gasteiger partial charge in [-0.3, -0.25) is 4.79 Å². The number of amides is 1. The minimum atomic E-state index is -2.93. The average molecular weight is 379 g/mol. The lowest BCUT2D eigenvalue weighted by molar-refractivity contribution is -0.121. The lowest BCUT2D eigenvalue weighted by Gasteiger charge is -2.15. The number of hydrogen-bond donors (Lipinski definition) is 2. The molecular formula is C17H25ClF2N2O3. The molecule has 0 bridgehead atoms. The molecule has 1 unspecified atom stereocenters. The normalized spacial score (nSPS) is 16.4. The lowest BCUT2D eigenvalue weighted by atomic mass is 10.1. The van der Waals surface area contributed by atoms with Crippen LogP contribution in [0.4, 0.5) is 8.78 Å². The van der Waals surface area contributed by atoms with Gasteiger partial charge < -0.3 is 20.1 Å². The van der Waals surface area contributed by atoms with Crippen molar-refractivity contribution >= 4 is 18.3 Å². The Kier molecular flexibility index (Phi) is 9.52. The van der Waals surface area contributed by atoms with E-state index in [2.05, 4.69) is 15.4 Å². The van der Waals surface area contributed by atoms with Crippen molar-refractivity contribution in [2.45, 2.75) is 51.8 Å². The molecule has 2 rings (SSSR count). The number of rotatable bonds is 9. The molecule has 142 valence electrons. The van der Waals surface area contributed by atoms with Gasteiger partial charge in [-0.25, -0.2) is 0 Å². The fourth-order valence-corrected chi connectivity index (χ4v) is 2.62. The molecule has 1 aromatic carbocycles. The summed E-state index contributed by atoms with van der Waals surface area (Å²) in [6, 6.07) is 4.96. The van der Waals surface area contributed by atoms with Crippen molar-refractivity contribution in [1.29, 1.82) is 0 Å². The Balaban J connectivity index is 0.00000312. The first-order valence-corrected chi connectivity index (χ1v) is 8.29. The van der Waals surface area contributed by atoms with E-state index < -0.39 is 6.61 Å². The van der Waals surface area contributed by atoms with Crippen LogP contribution in [-0.4, -0.2) is 31.7 Å². The van der Waals surface area contributed by atoms with E-state index in [1.807, 2.05) is 6.92 Å². The van der Waals surface area contributed by atoms with Crippen LogP contribution in [0.25, 0.3) is 0 Å². The molecule has 1 amide bonds. The number of halogens is 3. The van der Waals surface area contributed by atoms with Gasteiger partial charge in [0.05, 0.1) is 6.61 Å². The second-order valence-corrected chi connectivity index (χ2v) is 5.77. The van der Waals surface area contributed by atoms with Crippen LogP contribution < -0.4 is 20.1 Å². The van der Waals surface area contributed by atoms with E-state index in [-0.39, 0.29) is 36.7 Å². The Hall–Kier alpha value is -1.60. The highest BCUT2D eigenvalue weighted by atomic mass is 35.5. The number of nitrogens with one attached hydrogen (secondary N) is 2. The van der Waals surface area contributed by atoms with E-state index >= 15 is 0 Å². The van der Waals surface area contributed by atoms with Crippen molar-refractivity contribution < 1.29 is 23.0 Å². The van der Waals surface area contributed by atoms with Crippen LogP contribution >= 0.6 is 12.4 Å². The summed E-state index contributed by atoms with van der Waals surface area (Å²) in [6.45, 7) is 0.604. The molecule has 1 aliphatic heterocycles. The van der Waals surface area contributed by atoms with Gasteiger partial charge in [0.2, 0.25) is 5.91 Å². The zero-order valence-electron chi connectivity index (χ0n) is 14.2. The van der Waals surface area contributed by atoms with Crippen LogP contribution in [-0.2, 0) is 11.3 Å². The fraction of sp³-hybridized carbons (Fsp3) is 0.588. The predicted octanol–water partition coefficient (Wildman–Crippen LogP) is 3.26. The van der Waals surface area contributed by atoms with Crippen molar-refractivity contribution in [3.05, 3.63) is 23.8 Å². The van der Waals surface area contributed by atoms with Crippen LogP contribution in [0, 0.1) is 0 Å². The quantitative estimate of drug-likeness (QED) is 0.692. The SMILES string of the molecule is CCCOc1ccc(CNC(=O)CC2CCCN2)c(OC(F)F)c1.Cl. The van der Waals surface area contributed by atoms with E-state index in [1.165, 1.54) is 6.07 Å². The molecule has 0 spiro atoms. The summed E-state index contributed by atoms with van der Waals surface area (Å²) in [6.07, 6.45) is 3.26. The molecule has 0 aliphatic carbocycles. The van der Waals surface area contributed by atoms with E-state index in [0.717, 1.165) is 25.8 Å². The van der Waals surface area contributed by atoms with Gasteiger partial charge in [0.15, 0.2) is 0 Å². The molecule has 1 aliphatic rings. The first kappa shape index (κ1) is 21.4. The highest BCUT2D eigenvalue weighted by Gasteiger charge is 2.18. The van der Waals surface area contributed by atoms with Gasteiger partial charge in [-0.1, -0.05) is 6.92 Å². The summed E-state index contributed by atoms with van der Waals surface area (Å²) >= 11 is 0. The number of carbonyl (C=O) groups is 1. The number of ether oxygens (including phenoxy) is 2. The number of benzene rings is 1. The summed E-state index contributed by atoms with van der Waals surface area (Å²) in [7, 11) is 0. The molecule has 1 atom stereocenters. The standard InChI is InChI=1S/C17H24F2N2O3.ClH/c1-2-8-23-14-6-5-12(15(10-14)24-17(18)19)11-21-16(22)9-13-4-3-7-20-13;/h5-6,10,13,17,20H,2-4,7-9,11H2,1H3,(H,21,22);1H. The van der Waals surface area contributed by atoms with E-state index in [4.69, 9.17) is 4.74 Å². The summed E-state index contributed by atoms with van der Waals surface area (Å²) in [5, 5.41) is 6.01. The second-order valence-electron chi connectivity index (χ2n) is 5.77. The fourth-order valence-electron chi connectivity index (χ4n) is 2.62. The monoisotopic (exact) mass is 378 g/mol. The van der Waals surface area contributed by atoms with Gasteiger partial charge in [0.25, 0.3) is 0 Å². The van der Waals surface area contributed by atoms with Crippen LogP contribution in [0.5, 0.6) is 11.5 Å². The molecule has 1 saturated heterocycles. The Labute approximate surface area is 152 Å². The van der Waals surface area contributed by atoms with E-state index in [1.54, 1.807) is 12.1 Å². The molecule has 0 saturated carbocycles. The summed E-state index contributed by atoms with van der Waals surface area (Å²) < 4.78 is 35.2. The minimum Gasteiger partial charge on any atom is -0.493 e. The number of carbonyl (C=O) groups excluding carboxylic acids is 1. The maximum absolute atomic E-state index is 12.6. The van der Waals surface area contributed by atoms with Crippen LogP contribution in [0.1, 0.15) is 38.2 Å². The minimum absolute atomic E-state index is 0. The molecule has 0 radical (unpaired) electrons. The van der Waals surface area contributed by atoms with Gasteiger partial charge >= 0.3 is 6.61 Å². The zero-order chi connectivity index (χ0) is 17.4. The van der Waals surface area contributed by atoms with E-state index in [0.29, 0.717) is 24.3 Å². The van der Waals surface area contributed by atoms with Crippen LogP contribution in [0.15, 0.2) is 18.2 Å². The number of hydrogen-bond acceptors (Lipinski definition) is 4. The highest BCUT2D eigenvalue weighted by molar-refractivity contribution is 5.85. The summed E-state index contributed by atoms with van der Waals surface area (Å²) in [5.41, 5.74) is 0.492. The maximum atomic E-state index is 12.6. The second kappa shape index (κ2) is 11.1. The Morgan fingerprint density at radius 2 is 2.24 bits per heavy atom. The largest absolute Gasteiger partial charge is 0.493 e. The Morgan fingerprint density at radius 3 is 2.88 bits per heavy atom. The summed E-state index contributed by atoms with van der Waals surface area (Å²) in [4.78, 5) is 11.9. The maximum Gasteiger partial charge on any atom is 0.387 e. The first-order chi connectivity index (χ1) is 11.6. The van der Waals surface area contributed by atoms with Crippen LogP contribution in [0.2, 0.25) is 0 Å². The molecule has 1 heterocycles. The Morgan fingerprint density at radius 1 is 1.44 bits per heavy atom. The zero-order valence-corrected chi connectivity index (χ0v) is 15.0. The van der Waals surface area contributed by atoms with Gasteiger partial charge in [0.1, 0.15) is 11.5 Å². The third kappa shape index (κ3) is 7.44. The van der Waals surface area contributed by atoms with Gasteiger partial charge in [-0.2, -0.15) is 8.78 Å². The first-order valence-electron chi connectivity index (χ1n) is 8.29. The molecule has 0 aromatic heterocycles. The molecule has 1 aromatic rings. The third-order valence-electron chi connectivity index (χ3n) is 3.80. The molecule has 8 heteroatoms. The van der Waals surface area contributed by atoms with Crippen molar-refractivity contribution in [3.63, 3.8) is 0 Å².